The van der Waals surface area contributed by atoms with Crippen LogP contribution in [0, 0.1) is 0 Å². The SMILES string of the molecule is COc1ccc(C=C2Oc3cc(OC(=O)c4c(OC)cccc4OC)ccc3C2=O)c(OC)c1OC. The van der Waals surface area contributed by atoms with Gasteiger partial charge in [-0.2, -0.15) is 0 Å². The highest BCUT2D eigenvalue weighted by Gasteiger charge is 2.29. The number of ketones is 1. The number of Topliss-reactive ketones (excluding diaryl/α,β-unsaturated/α-hetero) is 1. The molecule has 0 saturated heterocycles. The third-order valence-corrected chi connectivity index (χ3v) is 5.51. The van der Waals surface area contributed by atoms with Crippen molar-refractivity contribution in [3.05, 3.63) is 71.0 Å². The molecule has 1 heterocycles. The predicted octanol–water partition coefficient (Wildman–Crippen LogP) is 4.57. The molecular weight excluding hydrogens is 468 g/mol. The summed E-state index contributed by atoms with van der Waals surface area (Å²) < 4.78 is 38.1. The molecule has 0 bridgehead atoms. The van der Waals surface area contributed by atoms with Crippen LogP contribution in [0.4, 0.5) is 0 Å². The number of carbonyl (C=O) groups is 2. The lowest BCUT2D eigenvalue weighted by Crippen LogP contribution is -2.12. The number of hydrogen-bond acceptors (Lipinski definition) is 9. The molecule has 3 aromatic rings. The Morgan fingerprint density at radius 1 is 0.778 bits per heavy atom. The van der Waals surface area contributed by atoms with E-state index in [0.717, 1.165) is 0 Å². The first kappa shape index (κ1) is 24.5. The summed E-state index contributed by atoms with van der Waals surface area (Å²) in [6.45, 7) is 0. The second-order valence-electron chi connectivity index (χ2n) is 7.45. The number of hydrogen-bond donors (Lipinski definition) is 0. The van der Waals surface area contributed by atoms with Gasteiger partial charge in [0, 0.05) is 11.6 Å². The molecule has 36 heavy (non-hydrogen) atoms. The highest BCUT2D eigenvalue weighted by atomic mass is 16.5. The van der Waals surface area contributed by atoms with Gasteiger partial charge in [0.1, 0.15) is 28.6 Å². The Bertz CT molecular complexity index is 1340. The zero-order valence-electron chi connectivity index (χ0n) is 20.4. The molecule has 0 N–H and O–H groups in total. The number of carbonyl (C=O) groups excluding carboxylic acids is 2. The second-order valence-corrected chi connectivity index (χ2v) is 7.45. The summed E-state index contributed by atoms with van der Waals surface area (Å²) >= 11 is 0. The molecule has 186 valence electrons. The van der Waals surface area contributed by atoms with Crippen LogP contribution in [0.3, 0.4) is 0 Å². The molecule has 0 amide bonds. The number of methoxy groups -OCH3 is 5. The van der Waals surface area contributed by atoms with Gasteiger partial charge in [-0.3, -0.25) is 4.79 Å². The van der Waals surface area contributed by atoms with E-state index >= 15 is 0 Å². The van der Waals surface area contributed by atoms with E-state index in [-0.39, 0.29) is 28.6 Å². The zero-order chi connectivity index (χ0) is 25.8. The molecule has 0 aromatic heterocycles. The van der Waals surface area contributed by atoms with Gasteiger partial charge >= 0.3 is 5.97 Å². The minimum atomic E-state index is -0.681. The fourth-order valence-corrected chi connectivity index (χ4v) is 3.82. The molecule has 3 aromatic carbocycles. The normalized spacial score (nSPS) is 13.0. The zero-order valence-corrected chi connectivity index (χ0v) is 20.4. The van der Waals surface area contributed by atoms with Crippen LogP contribution in [0.5, 0.6) is 40.2 Å². The number of ether oxygens (including phenoxy) is 7. The van der Waals surface area contributed by atoms with Crippen molar-refractivity contribution in [2.24, 2.45) is 0 Å². The summed E-state index contributed by atoms with van der Waals surface area (Å²) in [5.74, 6) is 1.37. The fourth-order valence-electron chi connectivity index (χ4n) is 3.82. The van der Waals surface area contributed by atoms with Gasteiger partial charge < -0.3 is 33.2 Å². The van der Waals surface area contributed by atoms with E-state index in [0.29, 0.717) is 39.9 Å². The quantitative estimate of drug-likeness (QED) is 0.254. The van der Waals surface area contributed by atoms with E-state index in [9.17, 15) is 9.59 Å². The van der Waals surface area contributed by atoms with Crippen LogP contribution >= 0.6 is 0 Å². The maximum Gasteiger partial charge on any atom is 0.351 e. The van der Waals surface area contributed by atoms with Gasteiger partial charge in [0.15, 0.2) is 17.3 Å². The maximum atomic E-state index is 13.0. The van der Waals surface area contributed by atoms with Gasteiger partial charge in [0.2, 0.25) is 11.5 Å². The van der Waals surface area contributed by atoms with Crippen LogP contribution in [0.2, 0.25) is 0 Å². The lowest BCUT2D eigenvalue weighted by Gasteiger charge is -2.14. The van der Waals surface area contributed by atoms with Crippen LogP contribution in [0.1, 0.15) is 26.3 Å². The van der Waals surface area contributed by atoms with Gasteiger partial charge in [0.05, 0.1) is 41.1 Å². The molecule has 9 heteroatoms. The van der Waals surface area contributed by atoms with Crippen molar-refractivity contribution in [2.75, 3.05) is 35.5 Å². The lowest BCUT2D eigenvalue weighted by atomic mass is 10.1. The lowest BCUT2D eigenvalue weighted by molar-refractivity contribution is 0.0727. The second kappa shape index (κ2) is 10.3. The third kappa shape index (κ3) is 4.38. The van der Waals surface area contributed by atoms with Crippen molar-refractivity contribution >= 4 is 17.8 Å². The Kier molecular flexibility index (Phi) is 7.00. The van der Waals surface area contributed by atoms with E-state index in [1.54, 1.807) is 36.4 Å². The molecule has 0 saturated carbocycles. The number of rotatable bonds is 8. The van der Waals surface area contributed by atoms with Crippen LogP contribution in [0.25, 0.3) is 6.08 Å². The van der Waals surface area contributed by atoms with Crippen molar-refractivity contribution in [3.8, 4) is 40.2 Å². The summed E-state index contributed by atoms with van der Waals surface area (Å²) in [5, 5.41) is 0. The van der Waals surface area contributed by atoms with Crippen LogP contribution in [-0.4, -0.2) is 47.3 Å². The number of benzene rings is 3. The summed E-state index contributed by atoms with van der Waals surface area (Å²) in [6, 6.07) is 12.9. The molecule has 4 rings (SSSR count). The molecule has 9 nitrogen and oxygen atoms in total. The molecule has 1 aliphatic rings. The predicted molar refractivity (Wildman–Crippen MR) is 130 cm³/mol. The molecule has 0 fully saturated rings. The minimum absolute atomic E-state index is 0.0744. The van der Waals surface area contributed by atoms with Crippen molar-refractivity contribution in [1.82, 2.24) is 0 Å². The minimum Gasteiger partial charge on any atom is -0.496 e. The van der Waals surface area contributed by atoms with Crippen molar-refractivity contribution in [1.29, 1.82) is 0 Å². The Labute approximate surface area is 207 Å². The molecule has 0 unspecified atom stereocenters. The fraction of sp³-hybridized carbons (Fsp3) is 0.185. The molecule has 1 aliphatic heterocycles. The van der Waals surface area contributed by atoms with E-state index < -0.39 is 5.97 Å². The Morgan fingerprint density at radius 3 is 2.06 bits per heavy atom. The number of esters is 1. The maximum absolute atomic E-state index is 13.0. The summed E-state index contributed by atoms with van der Waals surface area (Å²) in [6.07, 6.45) is 1.55. The van der Waals surface area contributed by atoms with Gasteiger partial charge in [-0.1, -0.05) is 6.07 Å². The molecule has 0 spiro atoms. The summed E-state index contributed by atoms with van der Waals surface area (Å²) in [4.78, 5) is 25.9. The topological polar surface area (TPSA) is 98.8 Å². The molecule has 0 aliphatic carbocycles. The van der Waals surface area contributed by atoms with Gasteiger partial charge in [-0.25, -0.2) is 4.79 Å². The number of allylic oxidation sites excluding steroid dienone is 1. The van der Waals surface area contributed by atoms with Gasteiger partial charge in [-0.15, -0.1) is 0 Å². The summed E-state index contributed by atoms with van der Waals surface area (Å²) in [7, 11) is 7.39. The van der Waals surface area contributed by atoms with Crippen molar-refractivity contribution in [3.63, 3.8) is 0 Å². The highest BCUT2D eigenvalue weighted by molar-refractivity contribution is 6.14. The van der Waals surface area contributed by atoms with E-state index in [1.807, 2.05) is 0 Å². The van der Waals surface area contributed by atoms with Crippen molar-refractivity contribution < 1.29 is 42.7 Å². The van der Waals surface area contributed by atoms with E-state index in [4.69, 9.17) is 33.2 Å². The highest BCUT2D eigenvalue weighted by Crippen LogP contribution is 2.42. The Balaban J connectivity index is 1.62. The Morgan fingerprint density at radius 2 is 1.44 bits per heavy atom. The molecule has 0 radical (unpaired) electrons. The van der Waals surface area contributed by atoms with Crippen LogP contribution in [-0.2, 0) is 0 Å². The first-order valence-corrected chi connectivity index (χ1v) is 10.8. The van der Waals surface area contributed by atoms with E-state index in [2.05, 4.69) is 0 Å². The van der Waals surface area contributed by atoms with Crippen molar-refractivity contribution in [2.45, 2.75) is 0 Å². The van der Waals surface area contributed by atoms with Gasteiger partial charge in [0.25, 0.3) is 0 Å². The average Bonchev–Trinajstić information content (AvgIpc) is 3.21. The third-order valence-electron chi connectivity index (χ3n) is 5.51. The standard InChI is InChI=1S/C27H24O9/c1-30-18-7-6-8-19(31-2)23(18)27(29)35-16-10-11-17-21(14-16)36-22(24(17)28)13-15-9-12-20(32-3)26(34-5)25(15)33-4/h6-14H,1-5H3. The summed E-state index contributed by atoms with van der Waals surface area (Å²) in [5.41, 5.74) is 1.03. The largest absolute Gasteiger partial charge is 0.496 e. The smallest absolute Gasteiger partial charge is 0.351 e. The number of fused-ring (bicyclic) bond motifs is 1. The Hall–Kier alpha value is -4.66. The molecule has 0 atom stereocenters. The van der Waals surface area contributed by atoms with E-state index in [1.165, 1.54) is 53.7 Å². The molecular formula is C27H24O9. The van der Waals surface area contributed by atoms with Crippen LogP contribution in [0.15, 0.2) is 54.3 Å². The first-order chi connectivity index (χ1) is 17.4. The first-order valence-electron chi connectivity index (χ1n) is 10.8. The van der Waals surface area contributed by atoms with Crippen LogP contribution < -0.4 is 33.2 Å². The monoisotopic (exact) mass is 492 g/mol. The average molecular weight is 492 g/mol. The van der Waals surface area contributed by atoms with Gasteiger partial charge in [-0.05, 0) is 42.5 Å².